The Labute approximate surface area is 159 Å². The summed E-state index contributed by atoms with van der Waals surface area (Å²) in [6, 6.07) is 12.7. The van der Waals surface area contributed by atoms with Gasteiger partial charge in [0.2, 0.25) is 15.9 Å². The quantitative estimate of drug-likeness (QED) is 0.842. The molecule has 138 valence electrons. The molecule has 2 aromatic rings. The van der Waals surface area contributed by atoms with Crippen LogP contribution >= 0.6 is 11.6 Å². The van der Waals surface area contributed by atoms with E-state index in [1.807, 2.05) is 31.2 Å². The van der Waals surface area contributed by atoms with E-state index in [1.165, 1.54) is 4.31 Å². The maximum Gasteiger partial charge on any atom is 0.235 e. The van der Waals surface area contributed by atoms with E-state index < -0.39 is 10.0 Å². The van der Waals surface area contributed by atoms with Gasteiger partial charge >= 0.3 is 0 Å². The van der Waals surface area contributed by atoms with Gasteiger partial charge in [-0.2, -0.15) is 0 Å². The van der Waals surface area contributed by atoms with E-state index in [0.29, 0.717) is 17.3 Å². The van der Waals surface area contributed by atoms with Gasteiger partial charge in [0.15, 0.2) is 0 Å². The van der Waals surface area contributed by atoms with Gasteiger partial charge in [-0.3, -0.25) is 9.10 Å². The van der Waals surface area contributed by atoms with Gasteiger partial charge in [0, 0.05) is 23.7 Å². The van der Waals surface area contributed by atoms with E-state index in [9.17, 15) is 13.2 Å². The minimum Gasteiger partial charge on any atom is -0.326 e. The average molecular weight is 393 g/mol. The van der Waals surface area contributed by atoms with Crippen molar-refractivity contribution in [3.8, 4) is 0 Å². The normalized spacial score (nSPS) is 14.0. The minimum absolute atomic E-state index is 0.0942. The van der Waals surface area contributed by atoms with Gasteiger partial charge in [-0.25, -0.2) is 8.42 Å². The van der Waals surface area contributed by atoms with Gasteiger partial charge in [0.05, 0.1) is 11.4 Å². The Hall–Kier alpha value is -2.05. The summed E-state index contributed by atoms with van der Waals surface area (Å²) >= 11 is 5.90. The second kappa shape index (κ2) is 7.68. The van der Waals surface area contributed by atoms with E-state index in [-0.39, 0.29) is 18.1 Å². The zero-order valence-electron chi connectivity index (χ0n) is 14.5. The highest BCUT2D eigenvalue weighted by atomic mass is 35.5. The third-order valence-corrected chi connectivity index (χ3v) is 6.46. The Balaban J connectivity index is 1.66. The van der Waals surface area contributed by atoms with Crippen molar-refractivity contribution in [3.05, 3.63) is 58.6 Å². The Bertz CT molecular complexity index is 928. The van der Waals surface area contributed by atoms with Crippen LogP contribution in [-0.2, 0) is 21.2 Å². The van der Waals surface area contributed by atoms with Crippen LogP contribution in [0, 0.1) is 6.92 Å². The molecule has 0 aliphatic carbocycles. The molecule has 0 atom stereocenters. The number of fused-ring (bicyclic) bond motifs is 1. The van der Waals surface area contributed by atoms with Crippen molar-refractivity contribution in [3.63, 3.8) is 0 Å². The Kier molecular flexibility index (Phi) is 5.53. The van der Waals surface area contributed by atoms with Gasteiger partial charge in [-0.1, -0.05) is 29.8 Å². The number of para-hydroxylation sites is 1. The average Bonchev–Trinajstić information content (AvgIpc) is 2.62. The molecule has 0 radical (unpaired) electrons. The van der Waals surface area contributed by atoms with Crippen LogP contribution in [0.1, 0.15) is 24.0 Å². The standard InChI is InChI=1S/C19H21ClN2O3S/c1-14-13-16(20)8-9-17(14)21-19(23)10-12-26(24,25)22-11-4-6-15-5-2-3-7-18(15)22/h2-3,5,7-9,13H,4,6,10-12H2,1H3,(H,21,23). The van der Waals surface area contributed by atoms with Crippen molar-refractivity contribution >= 4 is 38.9 Å². The predicted octanol–water partition coefficient (Wildman–Crippen LogP) is 3.76. The lowest BCUT2D eigenvalue weighted by Crippen LogP contribution is -2.37. The molecular weight excluding hydrogens is 372 g/mol. The third kappa shape index (κ3) is 4.19. The third-order valence-electron chi connectivity index (χ3n) is 4.45. The lowest BCUT2D eigenvalue weighted by Gasteiger charge is -2.30. The van der Waals surface area contributed by atoms with E-state index in [1.54, 1.807) is 18.2 Å². The number of halogens is 1. The molecule has 0 fully saturated rings. The molecule has 0 saturated carbocycles. The summed E-state index contributed by atoms with van der Waals surface area (Å²) in [6.07, 6.45) is 1.56. The molecule has 2 aromatic carbocycles. The van der Waals surface area contributed by atoms with E-state index in [4.69, 9.17) is 11.6 Å². The first-order chi connectivity index (χ1) is 12.4. The minimum atomic E-state index is -3.55. The Morgan fingerprint density at radius 1 is 1.23 bits per heavy atom. The summed E-state index contributed by atoms with van der Waals surface area (Å²) in [6.45, 7) is 2.29. The highest BCUT2D eigenvalue weighted by molar-refractivity contribution is 7.92. The molecule has 0 aromatic heterocycles. The van der Waals surface area contributed by atoms with Gasteiger partial charge in [0.1, 0.15) is 0 Å². The first-order valence-corrected chi connectivity index (χ1v) is 10.5. The number of hydrogen-bond donors (Lipinski definition) is 1. The number of sulfonamides is 1. The van der Waals surface area contributed by atoms with Crippen molar-refractivity contribution in [2.75, 3.05) is 21.9 Å². The summed E-state index contributed by atoms with van der Waals surface area (Å²) in [5.41, 5.74) is 3.23. The number of rotatable bonds is 5. The van der Waals surface area contributed by atoms with Gasteiger partial charge in [-0.05, 0) is 55.2 Å². The molecular formula is C19H21ClN2O3S. The largest absolute Gasteiger partial charge is 0.326 e. The van der Waals surface area contributed by atoms with E-state index in [2.05, 4.69) is 5.32 Å². The van der Waals surface area contributed by atoms with Crippen molar-refractivity contribution in [2.45, 2.75) is 26.2 Å². The first kappa shape index (κ1) is 18.7. The number of hydrogen-bond acceptors (Lipinski definition) is 3. The SMILES string of the molecule is Cc1cc(Cl)ccc1NC(=O)CCS(=O)(=O)N1CCCc2ccccc21. The summed E-state index contributed by atoms with van der Waals surface area (Å²) < 4.78 is 26.9. The van der Waals surface area contributed by atoms with Crippen molar-refractivity contribution in [2.24, 2.45) is 0 Å². The Morgan fingerprint density at radius 3 is 2.77 bits per heavy atom. The highest BCUT2D eigenvalue weighted by Gasteiger charge is 2.27. The van der Waals surface area contributed by atoms with Crippen LogP contribution in [0.15, 0.2) is 42.5 Å². The van der Waals surface area contributed by atoms with Gasteiger partial charge < -0.3 is 5.32 Å². The monoisotopic (exact) mass is 392 g/mol. The highest BCUT2D eigenvalue weighted by Crippen LogP contribution is 2.29. The lowest BCUT2D eigenvalue weighted by molar-refractivity contribution is -0.115. The number of amides is 1. The number of nitrogens with zero attached hydrogens (tertiary/aromatic N) is 1. The molecule has 0 bridgehead atoms. The van der Waals surface area contributed by atoms with Gasteiger partial charge in [0.25, 0.3) is 0 Å². The van der Waals surface area contributed by atoms with E-state index in [0.717, 1.165) is 29.7 Å². The number of carbonyl (C=O) groups excluding carboxylic acids is 1. The predicted molar refractivity (Wildman–Crippen MR) is 105 cm³/mol. The van der Waals surface area contributed by atoms with Crippen molar-refractivity contribution < 1.29 is 13.2 Å². The van der Waals surface area contributed by atoms with Crippen LogP contribution in [-0.4, -0.2) is 26.6 Å². The summed E-state index contributed by atoms with van der Waals surface area (Å²) in [5, 5.41) is 3.34. The van der Waals surface area contributed by atoms with Crippen LogP contribution in [0.4, 0.5) is 11.4 Å². The van der Waals surface area contributed by atoms with E-state index >= 15 is 0 Å². The fourth-order valence-corrected chi connectivity index (χ4v) is 4.88. The molecule has 1 amide bonds. The van der Waals surface area contributed by atoms with Crippen LogP contribution in [0.2, 0.25) is 5.02 Å². The zero-order valence-corrected chi connectivity index (χ0v) is 16.1. The fraction of sp³-hybridized carbons (Fsp3) is 0.316. The molecule has 0 saturated heterocycles. The number of carbonyl (C=O) groups is 1. The smallest absolute Gasteiger partial charge is 0.235 e. The molecule has 1 N–H and O–H groups in total. The Morgan fingerprint density at radius 2 is 2.00 bits per heavy atom. The van der Waals surface area contributed by atoms with Crippen molar-refractivity contribution in [1.82, 2.24) is 0 Å². The maximum atomic E-state index is 12.7. The molecule has 26 heavy (non-hydrogen) atoms. The molecule has 1 aliphatic heterocycles. The summed E-state index contributed by atoms with van der Waals surface area (Å²) in [5.74, 6) is -0.552. The number of nitrogens with one attached hydrogen (secondary N) is 1. The maximum absolute atomic E-state index is 12.7. The van der Waals surface area contributed by atoms with Crippen LogP contribution < -0.4 is 9.62 Å². The second-order valence-corrected chi connectivity index (χ2v) is 8.83. The van der Waals surface area contributed by atoms with Crippen LogP contribution in [0.5, 0.6) is 0 Å². The lowest BCUT2D eigenvalue weighted by atomic mass is 10.0. The number of aryl methyl sites for hydroxylation is 2. The topological polar surface area (TPSA) is 66.5 Å². The summed E-state index contributed by atoms with van der Waals surface area (Å²) in [7, 11) is -3.55. The van der Waals surface area contributed by atoms with Crippen LogP contribution in [0.3, 0.4) is 0 Å². The molecule has 3 rings (SSSR count). The summed E-state index contributed by atoms with van der Waals surface area (Å²) in [4.78, 5) is 12.2. The van der Waals surface area contributed by atoms with Crippen molar-refractivity contribution in [1.29, 1.82) is 0 Å². The molecule has 1 aliphatic rings. The molecule has 7 heteroatoms. The molecule has 0 unspecified atom stereocenters. The first-order valence-electron chi connectivity index (χ1n) is 8.51. The molecule has 5 nitrogen and oxygen atoms in total. The fourth-order valence-electron chi connectivity index (χ4n) is 3.10. The number of anilines is 2. The second-order valence-electron chi connectivity index (χ2n) is 6.38. The zero-order chi connectivity index (χ0) is 18.7. The van der Waals surface area contributed by atoms with Gasteiger partial charge in [-0.15, -0.1) is 0 Å². The molecule has 0 spiro atoms. The van der Waals surface area contributed by atoms with Crippen LogP contribution in [0.25, 0.3) is 0 Å². The molecule has 1 heterocycles. The number of benzene rings is 2.